The summed E-state index contributed by atoms with van der Waals surface area (Å²) in [4.78, 5) is 32.0. The molecule has 0 spiro atoms. The Bertz CT molecular complexity index is 1070. The van der Waals surface area contributed by atoms with Gasteiger partial charge in [0.05, 0.1) is 6.04 Å². The quantitative estimate of drug-likeness (QED) is 0.479. The minimum atomic E-state index is -0.307. The molecule has 2 aromatic rings. The van der Waals surface area contributed by atoms with Crippen molar-refractivity contribution < 1.29 is 9.59 Å². The molecule has 1 aromatic heterocycles. The van der Waals surface area contributed by atoms with E-state index in [1.54, 1.807) is 6.33 Å². The molecule has 5 rings (SSSR count). The van der Waals surface area contributed by atoms with Gasteiger partial charge in [-0.15, -0.1) is 0 Å². The second-order valence-corrected chi connectivity index (χ2v) is 12.6. The van der Waals surface area contributed by atoms with Crippen LogP contribution in [0.15, 0.2) is 36.9 Å². The fraction of sp³-hybridized carbons (Fsp3) is 0.667. The van der Waals surface area contributed by atoms with Gasteiger partial charge in [0.15, 0.2) is 0 Å². The molecule has 2 amide bonds. The van der Waals surface area contributed by atoms with E-state index in [0.29, 0.717) is 17.4 Å². The molecule has 1 aromatic carbocycles. The van der Waals surface area contributed by atoms with E-state index in [1.807, 2.05) is 35.3 Å². The Kier molecular flexibility index (Phi) is 9.23. The third-order valence-corrected chi connectivity index (χ3v) is 9.96. The van der Waals surface area contributed by atoms with Crippen LogP contribution in [0.1, 0.15) is 76.2 Å². The minimum Gasteiger partial charge on any atom is -0.369 e. The molecule has 2 aliphatic carbocycles. The summed E-state index contributed by atoms with van der Waals surface area (Å²) in [5, 5.41) is 8.84. The Balaban J connectivity index is 1.28. The summed E-state index contributed by atoms with van der Waals surface area (Å²) in [6.07, 6.45) is 15.9. The van der Waals surface area contributed by atoms with Gasteiger partial charge in [-0.3, -0.25) is 14.3 Å². The number of likely N-dealkylation sites (tertiary alicyclic amines) is 1. The first-order valence-corrected chi connectivity index (χ1v) is 15.2. The van der Waals surface area contributed by atoms with Crippen molar-refractivity contribution in [2.24, 2.45) is 23.0 Å². The van der Waals surface area contributed by atoms with Crippen molar-refractivity contribution in [1.82, 2.24) is 25.0 Å². The van der Waals surface area contributed by atoms with E-state index in [9.17, 15) is 9.59 Å². The van der Waals surface area contributed by atoms with Crippen LogP contribution in [0.4, 0.5) is 0 Å². The van der Waals surface area contributed by atoms with Crippen molar-refractivity contribution in [3.05, 3.63) is 47.5 Å². The lowest BCUT2D eigenvalue weighted by Crippen LogP contribution is -2.55. The summed E-state index contributed by atoms with van der Waals surface area (Å²) in [5.74, 6) is 0.604. The van der Waals surface area contributed by atoms with E-state index in [2.05, 4.69) is 20.3 Å². The number of rotatable bonds is 9. The van der Waals surface area contributed by atoms with Crippen LogP contribution in [0.2, 0.25) is 5.02 Å². The molecular formula is C30H43ClN6O2. The Hall–Kier alpha value is -2.45. The van der Waals surface area contributed by atoms with Crippen LogP contribution in [0.25, 0.3) is 0 Å². The number of amides is 2. The van der Waals surface area contributed by atoms with E-state index < -0.39 is 0 Å². The molecule has 0 radical (unpaired) electrons. The molecule has 1 saturated heterocycles. The highest BCUT2D eigenvalue weighted by atomic mass is 35.5. The van der Waals surface area contributed by atoms with Gasteiger partial charge in [-0.2, -0.15) is 5.10 Å². The van der Waals surface area contributed by atoms with Crippen LogP contribution in [0.3, 0.4) is 0 Å². The average Bonchev–Trinajstić information content (AvgIpc) is 3.47. The number of nitrogens with zero attached hydrogens (tertiary/aromatic N) is 4. The second-order valence-electron chi connectivity index (χ2n) is 12.1. The molecule has 0 bridgehead atoms. The third kappa shape index (κ3) is 7.01. The van der Waals surface area contributed by atoms with E-state index in [-0.39, 0.29) is 35.2 Å². The van der Waals surface area contributed by atoms with Crippen molar-refractivity contribution in [2.45, 2.75) is 95.7 Å². The lowest BCUT2D eigenvalue weighted by molar-refractivity contribution is -0.137. The van der Waals surface area contributed by atoms with Crippen LogP contribution >= 0.6 is 11.6 Å². The van der Waals surface area contributed by atoms with Gasteiger partial charge in [0, 0.05) is 36.6 Å². The zero-order valence-corrected chi connectivity index (χ0v) is 23.7. The predicted octanol–water partition coefficient (Wildman–Crippen LogP) is 4.37. The standard InChI is InChI=1S/C30H43ClN6O2/c31-25-10-6-22(7-11-25)18-27(35-26-12-8-23(9-13-26)28(32)38)29(39)36-16-14-30(15-17-36,19-37-21-33-20-34-37)24-4-2-1-3-5-24/h6-7,10-11,20-21,23-24,26-27,35H,1-5,8-9,12-19H2,(H2,32,38)/t23?,26?,27-/m1/s1. The zero-order valence-electron chi connectivity index (χ0n) is 22.9. The summed E-state index contributed by atoms with van der Waals surface area (Å²) in [5.41, 5.74) is 6.81. The molecule has 3 N–H and O–H groups in total. The monoisotopic (exact) mass is 554 g/mol. The molecule has 3 fully saturated rings. The molecule has 0 unspecified atom stereocenters. The second kappa shape index (κ2) is 12.8. The van der Waals surface area contributed by atoms with Crippen molar-refractivity contribution in [2.75, 3.05) is 13.1 Å². The summed E-state index contributed by atoms with van der Waals surface area (Å²) >= 11 is 6.13. The molecular weight excluding hydrogens is 512 g/mol. The van der Waals surface area contributed by atoms with Gasteiger partial charge in [-0.25, -0.2) is 4.98 Å². The van der Waals surface area contributed by atoms with Crippen LogP contribution in [-0.4, -0.2) is 56.7 Å². The number of carbonyl (C=O) groups excluding carboxylic acids is 2. The zero-order chi connectivity index (χ0) is 27.2. The maximum Gasteiger partial charge on any atom is 0.240 e. The molecule has 1 atom stereocenters. The highest BCUT2D eigenvalue weighted by Crippen LogP contribution is 2.47. The number of nitrogens with one attached hydrogen (secondary N) is 1. The van der Waals surface area contributed by atoms with Crippen LogP contribution in [-0.2, 0) is 22.6 Å². The highest BCUT2D eigenvalue weighted by molar-refractivity contribution is 6.30. The van der Waals surface area contributed by atoms with Gasteiger partial charge in [-0.05, 0) is 86.8 Å². The van der Waals surface area contributed by atoms with E-state index in [1.165, 1.54) is 32.1 Å². The Morgan fingerprint density at radius 3 is 2.33 bits per heavy atom. The minimum absolute atomic E-state index is 0.0477. The molecule has 2 heterocycles. The smallest absolute Gasteiger partial charge is 0.240 e. The lowest BCUT2D eigenvalue weighted by atomic mass is 9.63. The Labute approximate surface area is 237 Å². The third-order valence-electron chi connectivity index (χ3n) is 9.70. The van der Waals surface area contributed by atoms with Gasteiger partial charge in [0.25, 0.3) is 0 Å². The number of hydrogen-bond donors (Lipinski definition) is 2. The molecule has 1 aliphatic heterocycles. The van der Waals surface area contributed by atoms with Gasteiger partial charge < -0.3 is 16.0 Å². The number of halogens is 1. The topological polar surface area (TPSA) is 106 Å². The van der Waals surface area contributed by atoms with Gasteiger partial charge in [-0.1, -0.05) is 43.0 Å². The molecule has 2 saturated carbocycles. The van der Waals surface area contributed by atoms with Crippen LogP contribution < -0.4 is 11.1 Å². The number of piperidine rings is 1. The lowest BCUT2D eigenvalue weighted by Gasteiger charge is -2.48. The maximum absolute atomic E-state index is 14.1. The van der Waals surface area contributed by atoms with Crippen LogP contribution in [0.5, 0.6) is 0 Å². The van der Waals surface area contributed by atoms with Crippen LogP contribution in [0, 0.1) is 17.3 Å². The highest BCUT2D eigenvalue weighted by Gasteiger charge is 2.44. The first-order chi connectivity index (χ1) is 18.9. The van der Waals surface area contributed by atoms with Crippen molar-refractivity contribution >= 4 is 23.4 Å². The van der Waals surface area contributed by atoms with Crippen molar-refractivity contribution in [3.8, 4) is 0 Å². The average molecular weight is 555 g/mol. The van der Waals surface area contributed by atoms with Crippen molar-refractivity contribution in [1.29, 1.82) is 0 Å². The summed E-state index contributed by atoms with van der Waals surface area (Å²) < 4.78 is 2.00. The Morgan fingerprint density at radius 2 is 1.72 bits per heavy atom. The summed E-state index contributed by atoms with van der Waals surface area (Å²) in [6.45, 7) is 2.43. The predicted molar refractivity (Wildman–Crippen MR) is 152 cm³/mol. The number of primary amides is 1. The Morgan fingerprint density at radius 1 is 1.03 bits per heavy atom. The largest absolute Gasteiger partial charge is 0.369 e. The van der Waals surface area contributed by atoms with E-state index in [0.717, 1.165) is 63.7 Å². The number of benzene rings is 1. The molecule has 39 heavy (non-hydrogen) atoms. The summed E-state index contributed by atoms with van der Waals surface area (Å²) in [6, 6.07) is 7.70. The van der Waals surface area contributed by atoms with Gasteiger partial charge in [0.2, 0.25) is 11.8 Å². The fourth-order valence-corrected chi connectivity index (χ4v) is 7.47. The molecule has 9 heteroatoms. The number of aromatic nitrogens is 3. The van der Waals surface area contributed by atoms with Gasteiger partial charge in [0.1, 0.15) is 12.7 Å². The fourth-order valence-electron chi connectivity index (χ4n) is 7.34. The molecule has 212 valence electrons. The maximum atomic E-state index is 14.1. The van der Waals surface area contributed by atoms with Gasteiger partial charge >= 0.3 is 0 Å². The summed E-state index contributed by atoms with van der Waals surface area (Å²) in [7, 11) is 0. The van der Waals surface area contributed by atoms with E-state index >= 15 is 0 Å². The molecule has 8 nitrogen and oxygen atoms in total. The molecule has 3 aliphatic rings. The SMILES string of the molecule is NC(=O)C1CCC(N[C@H](Cc2ccc(Cl)cc2)C(=O)N2CCC(Cn3cncn3)(C3CCCCC3)CC2)CC1. The van der Waals surface area contributed by atoms with Crippen molar-refractivity contribution in [3.63, 3.8) is 0 Å². The first-order valence-electron chi connectivity index (χ1n) is 14.8. The van der Waals surface area contributed by atoms with E-state index in [4.69, 9.17) is 17.3 Å². The number of carbonyl (C=O) groups is 2. The normalized spacial score (nSPS) is 24.8. The number of hydrogen-bond acceptors (Lipinski definition) is 5. The first kappa shape index (κ1) is 28.1. The number of nitrogens with two attached hydrogens (primary N) is 1.